The smallest absolute Gasteiger partial charge is 0.312 e. The summed E-state index contributed by atoms with van der Waals surface area (Å²) in [4.78, 5) is 22.7. The maximum absolute atomic E-state index is 11.8. The molecule has 0 radical (unpaired) electrons. The highest BCUT2D eigenvalue weighted by Crippen LogP contribution is 2.66. The molecule has 5 atom stereocenters. The minimum Gasteiger partial charge on any atom is -0.312 e. The third-order valence-corrected chi connectivity index (χ3v) is 9.14. The predicted octanol–water partition coefficient (Wildman–Crippen LogP) is 6.09. The van der Waals surface area contributed by atoms with Crippen LogP contribution >= 0.6 is 0 Å². The fraction of sp³-hybridized carbons (Fsp3) is 0.593. The summed E-state index contributed by atoms with van der Waals surface area (Å²) >= 11 is 0. The maximum Gasteiger partial charge on any atom is 0.435 e. The summed E-state index contributed by atoms with van der Waals surface area (Å²) in [6, 6.07) is 4.29. The van der Waals surface area contributed by atoms with Gasteiger partial charge in [0.2, 0.25) is 0 Å². The predicted molar refractivity (Wildman–Crippen MR) is 127 cm³/mol. The third kappa shape index (κ3) is 3.32. The van der Waals surface area contributed by atoms with Gasteiger partial charge in [-0.3, -0.25) is 9.82 Å². The molecule has 4 aliphatic rings. The van der Waals surface area contributed by atoms with Crippen LogP contribution in [0.15, 0.2) is 47.4 Å². The lowest BCUT2D eigenvalue weighted by molar-refractivity contribution is -0.0190. The first-order valence-corrected chi connectivity index (χ1v) is 12.1. The molecule has 0 saturated heterocycles. The average Bonchev–Trinajstić information content (AvgIpc) is 3.15. The molecule has 4 aliphatic carbocycles. The van der Waals surface area contributed by atoms with Crippen molar-refractivity contribution in [2.75, 3.05) is 14.1 Å². The van der Waals surface area contributed by atoms with Crippen LogP contribution in [0.4, 0.5) is 4.79 Å². The number of allylic oxidation sites excluding steroid dienone is 4. The lowest BCUT2D eigenvalue weighted by Gasteiger charge is -2.58. The first-order valence-electron chi connectivity index (χ1n) is 12.1. The fourth-order valence-corrected chi connectivity index (χ4v) is 7.36. The molecule has 2 fully saturated rings. The van der Waals surface area contributed by atoms with Crippen molar-refractivity contribution in [3.05, 3.63) is 47.8 Å². The van der Waals surface area contributed by atoms with E-state index in [2.05, 4.69) is 48.3 Å². The first kappa shape index (κ1) is 21.4. The van der Waals surface area contributed by atoms with Crippen molar-refractivity contribution in [2.45, 2.75) is 58.8 Å². The number of amides is 1. The lowest BCUT2D eigenvalue weighted by atomic mass is 9.46. The number of pyridine rings is 1. The number of rotatable bonds is 2. The molecule has 1 heterocycles. The van der Waals surface area contributed by atoms with Crippen LogP contribution in [0.1, 0.15) is 64.4 Å². The van der Waals surface area contributed by atoms with E-state index < -0.39 is 6.09 Å². The quantitative estimate of drug-likeness (QED) is 0.419. The number of aromatic nitrogens is 1. The summed E-state index contributed by atoms with van der Waals surface area (Å²) in [5, 5.41) is 4.17. The average molecular weight is 434 g/mol. The standard InChI is InChI=1S/C27H35N3O2/c1-26-13-11-20(29-32-25(31)30(3)4)16-19(26)7-8-21-23-10-9-22(18-6-5-15-28-17-18)27(23,2)14-12-24(21)26/h5-6,9,15-17,21,23-24H,7-8,10-14H2,1-4H3/t21-,23+,24+,26+,27-/m1/s1. The summed E-state index contributed by atoms with van der Waals surface area (Å²) in [7, 11) is 3.35. The molecule has 5 heteroatoms. The van der Waals surface area contributed by atoms with Crippen LogP contribution in [0.5, 0.6) is 0 Å². The van der Waals surface area contributed by atoms with E-state index in [1.807, 2.05) is 12.4 Å². The third-order valence-electron chi connectivity index (χ3n) is 9.14. The Morgan fingerprint density at radius 1 is 1.16 bits per heavy atom. The number of nitrogens with zero attached hydrogens (tertiary/aromatic N) is 3. The molecule has 0 bridgehead atoms. The highest BCUT2D eigenvalue weighted by molar-refractivity contribution is 5.96. The number of fused-ring (bicyclic) bond motifs is 5. The molecule has 0 spiro atoms. The van der Waals surface area contributed by atoms with E-state index in [9.17, 15) is 4.79 Å². The monoisotopic (exact) mass is 433 g/mol. The molecule has 0 aromatic carbocycles. The van der Waals surface area contributed by atoms with E-state index in [4.69, 9.17) is 4.84 Å². The van der Waals surface area contributed by atoms with E-state index in [0.717, 1.165) is 42.7 Å². The second-order valence-corrected chi connectivity index (χ2v) is 10.9. The van der Waals surface area contributed by atoms with E-state index in [0.29, 0.717) is 0 Å². The van der Waals surface area contributed by atoms with Crippen LogP contribution in [0.3, 0.4) is 0 Å². The molecule has 1 amide bonds. The zero-order valence-corrected chi connectivity index (χ0v) is 19.8. The summed E-state index contributed by atoms with van der Waals surface area (Å²) in [6.07, 6.45) is 16.4. The van der Waals surface area contributed by atoms with Crippen molar-refractivity contribution in [1.29, 1.82) is 0 Å². The molecular weight excluding hydrogens is 398 g/mol. The Balaban J connectivity index is 1.37. The van der Waals surface area contributed by atoms with Gasteiger partial charge in [0.05, 0.1) is 5.71 Å². The molecule has 0 unspecified atom stereocenters. The van der Waals surface area contributed by atoms with Crippen LogP contribution in [-0.2, 0) is 4.84 Å². The summed E-state index contributed by atoms with van der Waals surface area (Å²) < 4.78 is 0. The Hall–Kier alpha value is -2.43. The molecule has 2 saturated carbocycles. The molecule has 0 N–H and O–H groups in total. The molecule has 32 heavy (non-hydrogen) atoms. The van der Waals surface area contributed by atoms with Crippen LogP contribution in [0.2, 0.25) is 0 Å². The van der Waals surface area contributed by atoms with E-state index in [1.165, 1.54) is 47.3 Å². The summed E-state index contributed by atoms with van der Waals surface area (Å²) in [5.41, 5.74) is 5.78. The second kappa shape index (κ2) is 7.86. The van der Waals surface area contributed by atoms with Gasteiger partial charge in [0.15, 0.2) is 0 Å². The van der Waals surface area contributed by atoms with Gasteiger partial charge in [0.1, 0.15) is 0 Å². The summed E-state index contributed by atoms with van der Waals surface area (Å²) in [5.74, 6) is 2.23. The largest absolute Gasteiger partial charge is 0.435 e. The molecule has 170 valence electrons. The SMILES string of the molecule is CN(C)C(=O)ON=C1C=C2CC[C@H]3[C@H](CC[C@]4(C)C(c5cccnc5)=CC[C@@H]34)[C@@]2(C)CC1. The van der Waals surface area contributed by atoms with Gasteiger partial charge in [0, 0.05) is 26.5 Å². The molecular formula is C27H35N3O2. The zero-order valence-electron chi connectivity index (χ0n) is 19.8. The van der Waals surface area contributed by atoms with Gasteiger partial charge in [-0.1, -0.05) is 36.7 Å². The highest BCUT2D eigenvalue weighted by Gasteiger charge is 2.57. The van der Waals surface area contributed by atoms with Crippen LogP contribution in [-0.4, -0.2) is 35.8 Å². The Kier molecular flexibility index (Phi) is 5.26. The maximum atomic E-state index is 11.8. The van der Waals surface area contributed by atoms with Gasteiger partial charge in [-0.25, -0.2) is 4.79 Å². The fourth-order valence-electron chi connectivity index (χ4n) is 7.36. The molecule has 1 aromatic rings. The molecule has 5 rings (SSSR count). The highest BCUT2D eigenvalue weighted by atomic mass is 16.7. The Morgan fingerprint density at radius 3 is 2.75 bits per heavy atom. The van der Waals surface area contributed by atoms with Gasteiger partial charge in [0.25, 0.3) is 0 Å². The van der Waals surface area contributed by atoms with Crippen molar-refractivity contribution < 1.29 is 9.63 Å². The topological polar surface area (TPSA) is 54.8 Å². The van der Waals surface area contributed by atoms with Crippen molar-refractivity contribution in [3.8, 4) is 0 Å². The Morgan fingerprint density at radius 2 is 2.00 bits per heavy atom. The van der Waals surface area contributed by atoms with Crippen LogP contribution in [0, 0.1) is 28.6 Å². The first-order chi connectivity index (χ1) is 15.3. The lowest BCUT2D eigenvalue weighted by Crippen LogP contribution is -2.49. The molecule has 5 nitrogen and oxygen atoms in total. The van der Waals surface area contributed by atoms with Crippen LogP contribution < -0.4 is 0 Å². The number of carbonyl (C=O) groups excluding carboxylic acids is 1. The van der Waals surface area contributed by atoms with Crippen molar-refractivity contribution in [3.63, 3.8) is 0 Å². The van der Waals surface area contributed by atoms with Crippen molar-refractivity contribution in [1.82, 2.24) is 9.88 Å². The van der Waals surface area contributed by atoms with E-state index in [-0.39, 0.29) is 10.8 Å². The van der Waals surface area contributed by atoms with Gasteiger partial charge < -0.3 is 4.90 Å². The van der Waals surface area contributed by atoms with Crippen molar-refractivity contribution >= 4 is 17.4 Å². The molecule has 1 aromatic heterocycles. The Labute approximate surface area is 191 Å². The number of hydrogen-bond donors (Lipinski definition) is 0. The number of hydrogen-bond acceptors (Lipinski definition) is 4. The van der Waals surface area contributed by atoms with Crippen molar-refractivity contribution in [2.24, 2.45) is 33.7 Å². The normalized spacial score (nSPS) is 37.0. The second-order valence-electron chi connectivity index (χ2n) is 10.9. The van der Waals surface area contributed by atoms with Gasteiger partial charge in [-0.15, -0.1) is 0 Å². The number of carbonyl (C=O) groups is 1. The van der Waals surface area contributed by atoms with Gasteiger partial charge in [-0.05, 0) is 96.8 Å². The number of oxime groups is 1. The minimum absolute atomic E-state index is 0.242. The van der Waals surface area contributed by atoms with Crippen LogP contribution in [0.25, 0.3) is 5.57 Å². The van der Waals surface area contributed by atoms with E-state index >= 15 is 0 Å². The zero-order chi connectivity index (χ0) is 22.5. The van der Waals surface area contributed by atoms with Gasteiger partial charge >= 0.3 is 6.09 Å². The van der Waals surface area contributed by atoms with Gasteiger partial charge in [-0.2, -0.15) is 0 Å². The summed E-state index contributed by atoms with van der Waals surface area (Å²) in [6.45, 7) is 5.00. The molecule has 0 aliphatic heterocycles. The Bertz CT molecular complexity index is 995. The minimum atomic E-state index is -0.419. The van der Waals surface area contributed by atoms with E-state index in [1.54, 1.807) is 14.1 Å².